The van der Waals surface area contributed by atoms with Gasteiger partial charge in [0, 0.05) is 18.5 Å². The first-order chi connectivity index (χ1) is 11.6. The maximum atomic E-state index is 8.86. The van der Waals surface area contributed by atoms with Gasteiger partial charge in [-0.05, 0) is 24.4 Å². The second kappa shape index (κ2) is 9.58. The Balaban J connectivity index is 1.68. The lowest BCUT2D eigenvalue weighted by molar-refractivity contribution is -0.917. The highest BCUT2D eigenvalue weighted by Crippen LogP contribution is 2.02. The molecule has 1 heterocycles. The van der Waals surface area contributed by atoms with Gasteiger partial charge < -0.3 is 20.0 Å². The Hall–Kier alpha value is -1.68. The summed E-state index contributed by atoms with van der Waals surface area (Å²) in [6, 6.07) is 10.1. The van der Waals surface area contributed by atoms with E-state index in [-0.39, 0.29) is 0 Å². The number of benzene rings is 1. The van der Waals surface area contributed by atoms with Gasteiger partial charge in [-0.3, -0.25) is 0 Å². The summed E-state index contributed by atoms with van der Waals surface area (Å²) in [4.78, 5) is 5.35. The van der Waals surface area contributed by atoms with Crippen molar-refractivity contribution < 1.29 is 9.80 Å². The van der Waals surface area contributed by atoms with Crippen LogP contribution in [0, 0.1) is 11.3 Å². The van der Waals surface area contributed by atoms with Gasteiger partial charge in [0.1, 0.15) is 6.54 Å². The second-order valence-corrected chi connectivity index (χ2v) is 7.15. The summed E-state index contributed by atoms with van der Waals surface area (Å²) >= 11 is 5.52. The Morgan fingerprint density at radius 2 is 1.96 bits per heavy atom. The molecule has 130 valence electrons. The van der Waals surface area contributed by atoms with Crippen LogP contribution in [-0.2, 0) is 6.54 Å². The molecule has 24 heavy (non-hydrogen) atoms. The number of thiocarbonyl (C=S) groups is 1. The van der Waals surface area contributed by atoms with E-state index in [1.54, 1.807) is 4.90 Å². The molecule has 6 heteroatoms. The molecule has 2 rings (SSSR count). The molecule has 1 saturated heterocycles. The van der Waals surface area contributed by atoms with Crippen molar-refractivity contribution in [2.75, 3.05) is 53.4 Å². The number of nitrogens with zero attached hydrogens (tertiary/aromatic N) is 2. The molecule has 1 aromatic carbocycles. The third-order valence-corrected chi connectivity index (χ3v) is 4.83. The van der Waals surface area contributed by atoms with Gasteiger partial charge in [0.05, 0.1) is 58.5 Å². The van der Waals surface area contributed by atoms with E-state index in [9.17, 15) is 0 Å². The molecule has 1 aliphatic rings. The summed E-state index contributed by atoms with van der Waals surface area (Å²) < 4.78 is 0. The van der Waals surface area contributed by atoms with Crippen molar-refractivity contribution >= 4 is 17.3 Å². The topological polar surface area (TPSA) is 47.9 Å². The van der Waals surface area contributed by atoms with Crippen molar-refractivity contribution in [2.24, 2.45) is 0 Å². The van der Waals surface area contributed by atoms with Crippen LogP contribution in [0.3, 0.4) is 0 Å². The largest absolute Gasteiger partial charge is 0.362 e. The van der Waals surface area contributed by atoms with Crippen molar-refractivity contribution in [2.45, 2.75) is 13.0 Å². The quantitative estimate of drug-likeness (QED) is 0.441. The fourth-order valence-corrected chi connectivity index (χ4v) is 3.22. The Morgan fingerprint density at radius 3 is 2.54 bits per heavy atom. The molecule has 1 aliphatic heterocycles. The summed E-state index contributed by atoms with van der Waals surface area (Å²) in [5.74, 6) is 0. The van der Waals surface area contributed by atoms with E-state index in [2.05, 4.69) is 42.5 Å². The number of nitrogens with one attached hydrogen (secondary N) is 3. The van der Waals surface area contributed by atoms with Gasteiger partial charge in [-0.2, -0.15) is 5.26 Å². The Bertz CT molecular complexity index is 556. The van der Waals surface area contributed by atoms with Crippen LogP contribution >= 0.6 is 12.2 Å². The molecule has 0 unspecified atom stereocenters. The average molecular weight is 348 g/mol. The third-order valence-electron chi connectivity index (χ3n) is 4.42. The van der Waals surface area contributed by atoms with Crippen LogP contribution in [-0.4, -0.2) is 63.4 Å². The molecular formula is C18H29N5S+2. The van der Waals surface area contributed by atoms with Gasteiger partial charge in [-0.15, -0.1) is 0 Å². The number of hydrogen-bond donors (Lipinski definition) is 3. The summed E-state index contributed by atoms with van der Waals surface area (Å²) in [6.07, 6.45) is 1.15. The van der Waals surface area contributed by atoms with Crippen molar-refractivity contribution in [3.8, 4) is 6.07 Å². The molecule has 0 radical (unpaired) electrons. The zero-order valence-electron chi connectivity index (χ0n) is 14.8. The SMILES string of the molecule is C[NH+](C)CCCNC(=S)N1CC[NH+](Cc2ccc(C#N)cc2)CC1. The Kier molecular flexibility index (Phi) is 7.44. The summed E-state index contributed by atoms with van der Waals surface area (Å²) in [6.45, 7) is 7.37. The Labute approximate surface area is 150 Å². The van der Waals surface area contributed by atoms with Crippen LogP contribution in [0.1, 0.15) is 17.5 Å². The molecule has 5 nitrogen and oxygen atoms in total. The molecular weight excluding hydrogens is 318 g/mol. The summed E-state index contributed by atoms with van der Waals surface area (Å²) in [5.41, 5.74) is 2.02. The van der Waals surface area contributed by atoms with E-state index in [0.717, 1.165) is 62.9 Å². The summed E-state index contributed by atoms with van der Waals surface area (Å²) in [7, 11) is 4.35. The lowest BCUT2D eigenvalue weighted by Crippen LogP contribution is -3.13. The molecule has 0 bridgehead atoms. The van der Waals surface area contributed by atoms with E-state index in [1.807, 2.05) is 12.1 Å². The van der Waals surface area contributed by atoms with E-state index in [1.165, 1.54) is 10.5 Å². The highest BCUT2D eigenvalue weighted by Gasteiger charge is 2.21. The molecule has 0 aromatic heterocycles. The van der Waals surface area contributed by atoms with Gasteiger partial charge in [-0.25, -0.2) is 0 Å². The lowest BCUT2D eigenvalue weighted by atomic mass is 10.1. The van der Waals surface area contributed by atoms with Crippen molar-refractivity contribution in [1.29, 1.82) is 5.26 Å². The van der Waals surface area contributed by atoms with Gasteiger partial charge in [0.2, 0.25) is 0 Å². The minimum Gasteiger partial charge on any atom is -0.362 e. The predicted molar refractivity (Wildman–Crippen MR) is 100 cm³/mol. The number of hydrogen-bond acceptors (Lipinski definition) is 2. The minimum absolute atomic E-state index is 0.728. The molecule has 0 saturated carbocycles. The third kappa shape index (κ3) is 6.08. The average Bonchev–Trinajstić information content (AvgIpc) is 2.59. The highest BCUT2D eigenvalue weighted by atomic mass is 32.1. The number of rotatable bonds is 6. The predicted octanol–water partition coefficient (Wildman–Crippen LogP) is -1.33. The lowest BCUT2D eigenvalue weighted by Gasteiger charge is -2.34. The van der Waals surface area contributed by atoms with Crippen LogP contribution < -0.4 is 15.1 Å². The van der Waals surface area contributed by atoms with Crippen LogP contribution in [0.15, 0.2) is 24.3 Å². The first kappa shape index (κ1) is 18.7. The Morgan fingerprint density at radius 1 is 1.29 bits per heavy atom. The maximum absolute atomic E-state index is 8.86. The number of nitriles is 1. The molecule has 0 spiro atoms. The molecule has 1 fully saturated rings. The van der Waals surface area contributed by atoms with Gasteiger partial charge >= 0.3 is 0 Å². The van der Waals surface area contributed by atoms with Gasteiger partial charge in [-0.1, -0.05) is 12.1 Å². The zero-order valence-corrected chi connectivity index (χ0v) is 15.6. The van der Waals surface area contributed by atoms with Crippen LogP contribution in [0.4, 0.5) is 0 Å². The van der Waals surface area contributed by atoms with E-state index < -0.39 is 0 Å². The monoisotopic (exact) mass is 347 g/mol. The number of quaternary nitrogens is 2. The maximum Gasteiger partial charge on any atom is 0.169 e. The van der Waals surface area contributed by atoms with E-state index in [4.69, 9.17) is 17.5 Å². The zero-order chi connectivity index (χ0) is 17.4. The minimum atomic E-state index is 0.728. The first-order valence-corrected chi connectivity index (χ1v) is 9.13. The van der Waals surface area contributed by atoms with Crippen molar-refractivity contribution in [3.63, 3.8) is 0 Å². The van der Waals surface area contributed by atoms with Crippen LogP contribution in [0.2, 0.25) is 0 Å². The van der Waals surface area contributed by atoms with Gasteiger partial charge in [0.15, 0.2) is 5.11 Å². The molecule has 3 N–H and O–H groups in total. The molecule has 0 aliphatic carbocycles. The smallest absolute Gasteiger partial charge is 0.169 e. The fraction of sp³-hybridized carbons (Fsp3) is 0.556. The van der Waals surface area contributed by atoms with Gasteiger partial charge in [0.25, 0.3) is 0 Å². The first-order valence-electron chi connectivity index (χ1n) is 8.73. The molecule has 0 atom stereocenters. The molecule has 1 aromatic rings. The van der Waals surface area contributed by atoms with E-state index >= 15 is 0 Å². The normalized spacial score (nSPS) is 15.3. The highest BCUT2D eigenvalue weighted by molar-refractivity contribution is 7.80. The van der Waals surface area contributed by atoms with Crippen LogP contribution in [0.25, 0.3) is 0 Å². The van der Waals surface area contributed by atoms with E-state index in [0.29, 0.717) is 0 Å². The van der Waals surface area contributed by atoms with Crippen molar-refractivity contribution in [3.05, 3.63) is 35.4 Å². The number of piperazine rings is 1. The summed E-state index contributed by atoms with van der Waals surface area (Å²) in [5, 5.41) is 13.1. The fourth-order valence-electron chi connectivity index (χ4n) is 2.94. The molecule has 0 amide bonds. The van der Waals surface area contributed by atoms with Crippen LogP contribution in [0.5, 0.6) is 0 Å². The second-order valence-electron chi connectivity index (χ2n) is 6.77. The van der Waals surface area contributed by atoms with Crippen molar-refractivity contribution in [1.82, 2.24) is 10.2 Å². The standard InChI is InChI=1S/C18H27N5S/c1-21(2)9-3-8-20-18(24)23-12-10-22(11-13-23)15-17-6-4-16(14-19)5-7-17/h4-7H,3,8-13,15H2,1-2H3,(H,20,24)/p+2.